The standard InChI is InChI=1S/C18H18OSi/c19-14-13-18-12-7-15-20(18,16-8-3-1-4-9-16)17-10-5-2-6-11-17/h1-6,8-11,13-14H,7,12,15H2/b18-13+. The maximum absolute atomic E-state index is 11.1. The van der Waals surface area contributed by atoms with Gasteiger partial charge in [0.1, 0.15) is 14.4 Å². The SMILES string of the molecule is O=C/C=C1\CCC[Si]1(c1ccccc1)c1ccccc1. The fourth-order valence-electron chi connectivity index (χ4n) is 3.50. The monoisotopic (exact) mass is 278 g/mol. The van der Waals surface area contributed by atoms with Gasteiger partial charge < -0.3 is 0 Å². The third kappa shape index (κ3) is 2.06. The van der Waals surface area contributed by atoms with Gasteiger partial charge in [0.05, 0.1) is 0 Å². The van der Waals surface area contributed by atoms with Crippen LogP contribution in [0.2, 0.25) is 6.04 Å². The number of hydrogen-bond donors (Lipinski definition) is 0. The van der Waals surface area contributed by atoms with Crippen molar-refractivity contribution in [1.82, 2.24) is 0 Å². The molecule has 20 heavy (non-hydrogen) atoms. The molecule has 0 N–H and O–H groups in total. The maximum atomic E-state index is 11.1. The van der Waals surface area contributed by atoms with Crippen molar-refractivity contribution in [3.8, 4) is 0 Å². The van der Waals surface area contributed by atoms with Gasteiger partial charge in [0, 0.05) is 0 Å². The highest BCUT2D eigenvalue weighted by molar-refractivity contribution is 7.08. The Hall–Kier alpha value is -1.93. The third-order valence-electron chi connectivity index (χ3n) is 4.35. The quantitative estimate of drug-likeness (QED) is 0.479. The number of benzene rings is 2. The Kier molecular flexibility index (Phi) is 3.65. The zero-order chi connectivity index (χ0) is 13.8. The van der Waals surface area contributed by atoms with Crippen molar-refractivity contribution in [2.75, 3.05) is 0 Å². The van der Waals surface area contributed by atoms with Gasteiger partial charge in [-0.1, -0.05) is 72.3 Å². The molecule has 0 amide bonds. The number of rotatable bonds is 3. The summed E-state index contributed by atoms with van der Waals surface area (Å²) in [4.78, 5) is 11.1. The average molecular weight is 278 g/mol. The maximum Gasteiger partial charge on any atom is 0.144 e. The second-order valence-electron chi connectivity index (χ2n) is 5.32. The Bertz CT molecular complexity index is 577. The van der Waals surface area contributed by atoms with E-state index < -0.39 is 8.07 Å². The lowest BCUT2D eigenvalue weighted by Crippen LogP contribution is -2.57. The Morgan fingerprint density at radius 2 is 1.40 bits per heavy atom. The summed E-state index contributed by atoms with van der Waals surface area (Å²) < 4.78 is 0. The molecule has 1 saturated heterocycles. The summed E-state index contributed by atoms with van der Waals surface area (Å²) in [6, 6.07) is 22.8. The van der Waals surface area contributed by atoms with E-state index in [9.17, 15) is 4.79 Å². The van der Waals surface area contributed by atoms with Crippen molar-refractivity contribution in [2.24, 2.45) is 0 Å². The molecule has 0 aromatic heterocycles. The highest BCUT2D eigenvalue weighted by Crippen LogP contribution is 2.33. The first-order valence-corrected chi connectivity index (χ1v) is 9.34. The first kappa shape index (κ1) is 13.1. The molecule has 0 bridgehead atoms. The minimum Gasteiger partial charge on any atom is -0.299 e. The molecule has 0 radical (unpaired) electrons. The molecule has 1 nitrogen and oxygen atoms in total. The van der Waals surface area contributed by atoms with Gasteiger partial charge in [0.25, 0.3) is 0 Å². The summed E-state index contributed by atoms with van der Waals surface area (Å²) >= 11 is 0. The van der Waals surface area contributed by atoms with E-state index in [0.717, 1.165) is 12.7 Å². The number of aldehydes is 1. The topological polar surface area (TPSA) is 17.1 Å². The Morgan fingerprint density at radius 1 is 0.850 bits per heavy atom. The number of carbonyl (C=O) groups is 1. The zero-order valence-corrected chi connectivity index (χ0v) is 12.5. The van der Waals surface area contributed by atoms with E-state index in [1.165, 1.54) is 28.0 Å². The van der Waals surface area contributed by atoms with Gasteiger partial charge in [-0.2, -0.15) is 0 Å². The van der Waals surface area contributed by atoms with E-state index in [2.05, 4.69) is 60.7 Å². The van der Waals surface area contributed by atoms with Crippen LogP contribution >= 0.6 is 0 Å². The molecule has 3 rings (SSSR count). The average Bonchev–Trinajstić information content (AvgIpc) is 2.94. The van der Waals surface area contributed by atoms with Crippen molar-refractivity contribution in [3.05, 3.63) is 71.9 Å². The van der Waals surface area contributed by atoms with Crippen LogP contribution in [0.5, 0.6) is 0 Å². The van der Waals surface area contributed by atoms with Gasteiger partial charge >= 0.3 is 0 Å². The summed E-state index contributed by atoms with van der Waals surface area (Å²) in [6.45, 7) is 0. The van der Waals surface area contributed by atoms with E-state index in [4.69, 9.17) is 0 Å². The van der Waals surface area contributed by atoms with Gasteiger partial charge in [-0.05, 0) is 28.9 Å². The smallest absolute Gasteiger partial charge is 0.144 e. The largest absolute Gasteiger partial charge is 0.299 e. The molecule has 1 aliphatic heterocycles. The predicted octanol–water partition coefficient (Wildman–Crippen LogP) is 2.71. The van der Waals surface area contributed by atoms with Gasteiger partial charge in [0.2, 0.25) is 0 Å². The van der Waals surface area contributed by atoms with Crippen LogP contribution in [0.1, 0.15) is 12.8 Å². The molecule has 0 spiro atoms. The lowest BCUT2D eigenvalue weighted by Gasteiger charge is -2.30. The molecule has 0 aliphatic carbocycles. The van der Waals surface area contributed by atoms with Crippen molar-refractivity contribution in [2.45, 2.75) is 18.9 Å². The molecular weight excluding hydrogens is 260 g/mol. The Labute approximate surface area is 121 Å². The zero-order valence-electron chi connectivity index (χ0n) is 11.5. The van der Waals surface area contributed by atoms with Crippen LogP contribution in [-0.4, -0.2) is 14.4 Å². The van der Waals surface area contributed by atoms with Crippen LogP contribution in [0.25, 0.3) is 0 Å². The van der Waals surface area contributed by atoms with Crippen LogP contribution in [0.3, 0.4) is 0 Å². The summed E-state index contributed by atoms with van der Waals surface area (Å²) in [6.07, 6.45) is 5.05. The summed E-state index contributed by atoms with van der Waals surface area (Å²) in [5, 5.41) is 4.23. The molecule has 1 heterocycles. The molecule has 0 saturated carbocycles. The second-order valence-corrected chi connectivity index (χ2v) is 9.43. The highest BCUT2D eigenvalue weighted by atomic mass is 28.3. The molecule has 2 aromatic carbocycles. The molecular formula is C18H18OSi. The van der Waals surface area contributed by atoms with Crippen LogP contribution in [0.4, 0.5) is 0 Å². The van der Waals surface area contributed by atoms with Crippen LogP contribution in [-0.2, 0) is 4.79 Å². The predicted molar refractivity (Wildman–Crippen MR) is 86.1 cm³/mol. The van der Waals surface area contributed by atoms with E-state index >= 15 is 0 Å². The number of carbonyl (C=O) groups excluding carboxylic acids is 1. The number of hydrogen-bond acceptors (Lipinski definition) is 1. The van der Waals surface area contributed by atoms with Crippen molar-refractivity contribution < 1.29 is 4.79 Å². The van der Waals surface area contributed by atoms with Gasteiger partial charge in [-0.25, -0.2) is 0 Å². The normalized spacial score (nSPS) is 19.1. The van der Waals surface area contributed by atoms with Crippen LogP contribution in [0.15, 0.2) is 71.9 Å². The fourth-order valence-corrected chi connectivity index (χ4v) is 8.66. The molecule has 2 aromatic rings. The van der Waals surface area contributed by atoms with E-state index in [1.807, 2.05) is 6.08 Å². The molecule has 1 aliphatic rings. The van der Waals surface area contributed by atoms with Crippen LogP contribution in [0, 0.1) is 0 Å². The minimum absolute atomic E-state index is 0.967. The lowest BCUT2D eigenvalue weighted by atomic mass is 10.3. The molecule has 0 unspecified atom stereocenters. The van der Waals surface area contributed by atoms with Gasteiger partial charge in [0.15, 0.2) is 0 Å². The van der Waals surface area contributed by atoms with Crippen molar-refractivity contribution in [3.63, 3.8) is 0 Å². The van der Waals surface area contributed by atoms with Crippen molar-refractivity contribution >= 4 is 24.7 Å². The first-order valence-electron chi connectivity index (χ1n) is 7.14. The molecule has 1 fully saturated rings. The Balaban J connectivity index is 2.23. The van der Waals surface area contributed by atoms with Crippen LogP contribution < -0.4 is 10.4 Å². The summed E-state index contributed by atoms with van der Waals surface area (Å²) in [5.41, 5.74) is 0. The van der Waals surface area contributed by atoms with E-state index in [-0.39, 0.29) is 0 Å². The Morgan fingerprint density at radius 3 is 1.90 bits per heavy atom. The second kappa shape index (κ2) is 5.59. The third-order valence-corrected chi connectivity index (χ3v) is 9.60. The fraction of sp³-hybridized carbons (Fsp3) is 0.167. The van der Waals surface area contributed by atoms with Crippen molar-refractivity contribution in [1.29, 1.82) is 0 Å². The summed E-state index contributed by atoms with van der Waals surface area (Å²) in [5.74, 6) is 0. The molecule has 0 atom stereocenters. The van der Waals surface area contributed by atoms with E-state index in [0.29, 0.717) is 0 Å². The summed E-state index contributed by atoms with van der Waals surface area (Å²) in [7, 11) is -1.91. The first-order chi connectivity index (χ1) is 9.88. The van der Waals surface area contributed by atoms with Gasteiger partial charge in [-0.3, -0.25) is 4.79 Å². The van der Waals surface area contributed by atoms with Gasteiger partial charge in [-0.15, -0.1) is 0 Å². The molecule has 2 heteroatoms. The van der Waals surface area contributed by atoms with E-state index in [1.54, 1.807) is 0 Å². The molecule has 100 valence electrons. The number of allylic oxidation sites excluding steroid dienone is 2. The lowest BCUT2D eigenvalue weighted by molar-refractivity contribution is -0.104. The minimum atomic E-state index is -1.91. The highest BCUT2D eigenvalue weighted by Gasteiger charge is 2.43.